The molecule has 27 heavy (non-hydrogen) atoms. The lowest BCUT2D eigenvalue weighted by atomic mass is 10.0. The van der Waals surface area contributed by atoms with Crippen LogP contribution >= 0.6 is 0 Å². The summed E-state index contributed by atoms with van der Waals surface area (Å²) in [4.78, 5) is 5.00. The number of hydrogen-bond donors (Lipinski definition) is 0. The molecule has 0 amide bonds. The number of nitrogens with zero attached hydrogens (tertiary/aromatic N) is 8. The lowest BCUT2D eigenvalue weighted by Crippen LogP contribution is -2.34. The summed E-state index contributed by atoms with van der Waals surface area (Å²) in [6.45, 7) is 6.53. The minimum absolute atomic E-state index is 0.562. The van der Waals surface area contributed by atoms with Crippen LogP contribution in [0.15, 0.2) is 30.7 Å². The highest BCUT2D eigenvalue weighted by molar-refractivity contribution is 5.45. The van der Waals surface area contributed by atoms with Gasteiger partial charge in [0.05, 0.1) is 12.2 Å². The first kappa shape index (κ1) is 16.7. The van der Waals surface area contributed by atoms with Gasteiger partial charge in [0.2, 0.25) is 0 Å². The number of fused-ring (bicyclic) bond motifs is 2. The second kappa shape index (κ2) is 7.26. The van der Waals surface area contributed by atoms with E-state index in [1.807, 2.05) is 12.3 Å². The largest absolute Gasteiger partial charge is 0.349 e. The first-order valence-corrected chi connectivity index (χ1v) is 10.0. The number of hydrogen-bond acceptors (Lipinski definition) is 6. The highest BCUT2D eigenvalue weighted by Crippen LogP contribution is 2.23. The predicted molar refractivity (Wildman–Crippen MR) is 102 cm³/mol. The van der Waals surface area contributed by atoms with E-state index in [9.17, 15) is 0 Å². The summed E-state index contributed by atoms with van der Waals surface area (Å²) in [6, 6.07) is 6.16. The number of anilines is 1. The molecule has 2 aliphatic rings. The molecule has 8 nitrogen and oxygen atoms in total. The fourth-order valence-electron chi connectivity index (χ4n) is 4.33. The van der Waals surface area contributed by atoms with Gasteiger partial charge in [0.1, 0.15) is 12.1 Å². The van der Waals surface area contributed by atoms with Crippen LogP contribution in [0.2, 0.25) is 0 Å². The van der Waals surface area contributed by atoms with E-state index < -0.39 is 0 Å². The van der Waals surface area contributed by atoms with E-state index in [2.05, 4.69) is 41.9 Å². The van der Waals surface area contributed by atoms with E-state index in [1.165, 1.54) is 51.0 Å². The van der Waals surface area contributed by atoms with Gasteiger partial charge < -0.3 is 9.80 Å². The molecule has 3 aromatic rings. The van der Waals surface area contributed by atoms with Crippen LogP contribution in [0.25, 0.3) is 5.65 Å². The molecule has 1 atom stereocenters. The maximum Gasteiger partial charge on any atom is 0.177 e. The van der Waals surface area contributed by atoms with Crippen LogP contribution in [0, 0.1) is 5.92 Å². The predicted octanol–water partition coefficient (Wildman–Crippen LogP) is 1.83. The Morgan fingerprint density at radius 1 is 1.04 bits per heavy atom. The van der Waals surface area contributed by atoms with Crippen molar-refractivity contribution >= 4 is 11.5 Å². The van der Waals surface area contributed by atoms with E-state index >= 15 is 0 Å². The average Bonchev–Trinajstić information content (AvgIpc) is 3.31. The minimum atomic E-state index is 0.562. The summed E-state index contributed by atoms with van der Waals surface area (Å²) in [5, 5.41) is 17.3. The molecule has 0 bridgehead atoms. The molecule has 5 heterocycles. The molecule has 2 aliphatic heterocycles. The lowest BCUT2D eigenvalue weighted by Gasteiger charge is -2.29. The highest BCUT2D eigenvalue weighted by atomic mass is 15.4. The molecule has 0 radical (unpaired) electrons. The van der Waals surface area contributed by atoms with Gasteiger partial charge in [0, 0.05) is 19.3 Å². The first-order valence-electron chi connectivity index (χ1n) is 10.0. The normalized spacial score (nSPS) is 21.3. The molecule has 0 unspecified atom stereocenters. The van der Waals surface area contributed by atoms with Gasteiger partial charge in [-0.3, -0.25) is 4.68 Å². The molecule has 0 saturated carbocycles. The van der Waals surface area contributed by atoms with Crippen LogP contribution in [0.1, 0.15) is 31.4 Å². The van der Waals surface area contributed by atoms with Gasteiger partial charge in [-0.25, -0.2) is 0 Å². The Labute approximate surface area is 158 Å². The number of rotatable bonds is 4. The van der Waals surface area contributed by atoms with Gasteiger partial charge in [0.25, 0.3) is 0 Å². The Balaban J connectivity index is 1.36. The third kappa shape index (κ3) is 3.53. The maximum absolute atomic E-state index is 4.72. The zero-order valence-corrected chi connectivity index (χ0v) is 15.6. The van der Waals surface area contributed by atoms with Crippen LogP contribution in [0.3, 0.4) is 0 Å². The third-order valence-electron chi connectivity index (χ3n) is 5.84. The molecule has 0 aliphatic carbocycles. The molecule has 5 rings (SSSR count). The van der Waals surface area contributed by atoms with Gasteiger partial charge in [-0.15, -0.1) is 15.3 Å². The zero-order chi connectivity index (χ0) is 18.1. The number of likely N-dealkylation sites (tertiary alicyclic amines) is 1. The molecule has 1 fully saturated rings. The fourth-order valence-corrected chi connectivity index (χ4v) is 4.33. The van der Waals surface area contributed by atoms with E-state index in [0.717, 1.165) is 31.1 Å². The van der Waals surface area contributed by atoms with Crippen molar-refractivity contribution in [2.75, 3.05) is 31.1 Å². The third-order valence-corrected chi connectivity index (χ3v) is 5.84. The lowest BCUT2D eigenvalue weighted by molar-refractivity contribution is 0.208. The quantitative estimate of drug-likeness (QED) is 0.702. The van der Waals surface area contributed by atoms with Crippen molar-refractivity contribution in [1.29, 1.82) is 0 Å². The summed E-state index contributed by atoms with van der Waals surface area (Å²) in [5.41, 5.74) is 2.03. The first-order chi connectivity index (χ1) is 13.3. The van der Waals surface area contributed by atoms with Gasteiger partial charge in [0.15, 0.2) is 5.65 Å². The Kier molecular flexibility index (Phi) is 4.49. The molecule has 8 heteroatoms. The van der Waals surface area contributed by atoms with Crippen molar-refractivity contribution in [3.63, 3.8) is 0 Å². The van der Waals surface area contributed by atoms with E-state index in [0.29, 0.717) is 5.92 Å². The summed E-state index contributed by atoms with van der Waals surface area (Å²) < 4.78 is 3.93. The Hall–Kier alpha value is -2.48. The van der Waals surface area contributed by atoms with Gasteiger partial charge in [-0.1, -0.05) is 6.42 Å². The summed E-state index contributed by atoms with van der Waals surface area (Å²) in [5.74, 6) is 1.53. The summed E-state index contributed by atoms with van der Waals surface area (Å²) in [6.07, 6.45) is 8.86. The van der Waals surface area contributed by atoms with E-state index in [4.69, 9.17) is 5.10 Å². The summed E-state index contributed by atoms with van der Waals surface area (Å²) >= 11 is 0. The molecule has 1 saturated heterocycles. The van der Waals surface area contributed by atoms with Crippen molar-refractivity contribution in [1.82, 2.24) is 34.5 Å². The molecular weight excluding hydrogens is 340 g/mol. The average molecular weight is 366 g/mol. The van der Waals surface area contributed by atoms with Crippen LogP contribution < -0.4 is 4.90 Å². The smallest absolute Gasteiger partial charge is 0.177 e. The van der Waals surface area contributed by atoms with Crippen molar-refractivity contribution < 1.29 is 0 Å². The van der Waals surface area contributed by atoms with Gasteiger partial charge >= 0.3 is 0 Å². The molecule has 0 N–H and O–H groups in total. The maximum atomic E-state index is 4.72. The second-order valence-electron chi connectivity index (χ2n) is 7.77. The van der Waals surface area contributed by atoms with E-state index in [-0.39, 0.29) is 0 Å². The van der Waals surface area contributed by atoms with E-state index in [1.54, 1.807) is 10.8 Å². The topological polar surface area (TPSA) is 67.4 Å². The van der Waals surface area contributed by atoms with Crippen molar-refractivity contribution in [2.45, 2.75) is 38.8 Å². The van der Waals surface area contributed by atoms with Gasteiger partial charge in [-0.05, 0) is 63.0 Å². The fraction of sp³-hybridized carbons (Fsp3) is 0.579. The zero-order valence-electron chi connectivity index (χ0n) is 15.6. The Morgan fingerprint density at radius 2 is 1.96 bits per heavy atom. The molecular formula is C19H26N8. The van der Waals surface area contributed by atoms with Crippen LogP contribution in [-0.2, 0) is 13.1 Å². The van der Waals surface area contributed by atoms with Crippen molar-refractivity contribution in [3.05, 3.63) is 36.4 Å². The van der Waals surface area contributed by atoms with Crippen molar-refractivity contribution in [3.8, 4) is 0 Å². The Bertz CT molecular complexity index is 894. The van der Waals surface area contributed by atoms with Crippen LogP contribution in [-0.4, -0.2) is 60.7 Å². The summed E-state index contributed by atoms with van der Waals surface area (Å²) in [7, 11) is 0. The minimum Gasteiger partial charge on any atom is -0.349 e. The SMILES string of the molecule is c1cc2n(n1)C[C@H](CCN1CCCCC1)CN(c1ccc3nncn3n1)C2. The van der Waals surface area contributed by atoms with Crippen LogP contribution in [0.4, 0.5) is 5.82 Å². The van der Waals surface area contributed by atoms with Crippen LogP contribution in [0.5, 0.6) is 0 Å². The molecule has 0 aromatic carbocycles. The number of piperidine rings is 1. The molecule has 142 valence electrons. The number of aromatic nitrogens is 6. The standard InChI is InChI=1S/C19H26N8/c1-2-9-24(10-3-1)11-7-16-12-25(14-17-6-8-21-26(17)13-16)19-5-4-18-22-20-15-27(18)23-19/h4-6,8,15-16H,1-3,7,9-14H2/t16-/m1/s1. The highest BCUT2D eigenvalue weighted by Gasteiger charge is 2.24. The van der Waals surface area contributed by atoms with Crippen molar-refractivity contribution in [2.24, 2.45) is 5.92 Å². The second-order valence-corrected chi connectivity index (χ2v) is 7.77. The Morgan fingerprint density at radius 3 is 2.89 bits per heavy atom. The monoisotopic (exact) mass is 366 g/mol. The molecule has 0 spiro atoms. The van der Waals surface area contributed by atoms with Gasteiger partial charge in [-0.2, -0.15) is 9.61 Å². The molecule has 3 aromatic heterocycles.